The highest BCUT2D eigenvalue weighted by molar-refractivity contribution is 6.70. The van der Waals surface area contributed by atoms with Crippen LogP contribution in [0.15, 0.2) is 0 Å². The van der Waals surface area contributed by atoms with E-state index in [9.17, 15) is 0 Å². The van der Waals surface area contributed by atoms with Gasteiger partial charge in [-0.05, 0) is 91.4 Å². The van der Waals surface area contributed by atoms with Gasteiger partial charge in [0.05, 0.1) is 25.4 Å². The second-order valence-corrected chi connectivity index (χ2v) is 29.1. The minimum atomic E-state index is -1.60. The SMILES string of the molecule is C[Si](C)(C)OCC(CCC(CO[Si](C)(C)C)O[Si](C)(C)C)O[Si](C)(C)C. The summed E-state index contributed by atoms with van der Waals surface area (Å²) in [7, 11) is -6.29. The molecule has 0 aliphatic carbocycles. The van der Waals surface area contributed by atoms with Crippen molar-refractivity contribution < 1.29 is 17.7 Å². The molecule has 0 aromatic carbocycles. The van der Waals surface area contributed by atoms with Crippen LogP contribution < -0.4 is 0 Å². The van der Waals surface area contributed by atoms with E-state index in [-0.39, 0.29) is 12.2 Å². The molecule has 0 amide bonds. The summed E-state index contributed by atoms with van der Waals surface area (Å²) >= 11 is 0. The molecular formula is C18H46O4Si4. The van der Waals surface area contributed by atoms with Crippen molar-refractivity contribution in [2.45, 2.75) is 104 Å². The third kappa shape index (κ3) is 18.1. The zero-order valence-corrected chi connectivity index (χ0v) is 23.6. The smallest absolute Gasteiger partial charge is 0.184 e. The van der Waals surface area contributed by atoms with Crippen LogP contribution in [-0.2, 0) is 17.7 Å². The summed E-state index contributed by atoms with van der Waals surface area (Å²) in [5, 5.41) is 0. The second-order valence-electron chi connectivity index (χ2n) is 11.1. The first kappa shape index (κ1) is 26.7. The predicted octanol–water partition coefficient (Wildman–Crippen LogP) is 5.91. The molecule has 0 spiro atoms. The zero-order chi connectivity index (χ0) is 20.8. The van der Waals surface area contributed by atoms with Crippen LogP contribution in [0, 0.1) is 0 Å². The van der Waals surface area contributed by atoms with Crippen LogP contribution in [-0.4, -0.2) is 58.7 Å². The first-order chi connectivity index (χ1) is 11.4. The molecule has 0 aromatic rings. The molecule has 8 heteroatoms. The van der Waals surface area contributed by atoms with E-state index in [2.05, 4.69) is 78.6 Å². The first-order valence-corrected chi connectivity index (χ1v) is 23.6. The third-order valence-electron chi connectivity index (χ3n) is 3.26. The molecule has 26 heavy (non-hydrogen) atoms. The van der Waals surface area contributed by atoms with Gasteiger partial charge in [0.2, 0.25) is 0 Å². The molecule has 0 N–H and O–H groups in total. The minimum Gasteiger partial charge on any atom is -0.415 e. The second kappa shape index (κ2) is 10.5. The van der Waals surface area contributed by atoms with Crippen LogP contribution in [0.2, 0.25) is 78.6 Å². The predicted molar refractivity (Wildman–Crippen MR) is 124 cm³/mol. The Morgan fingerprint density at radius 3 is 0.923 bits per heavy atom. The van der Waals surface area contributed by atoms with E-state index < -0.39 is 33.3 Å². The fraction of sp³-hybridized carbons (Fsp3) is 1.00. The van der Waals surface area contributed by atoms with Gasteiger partial charge in [0, 0.05) is 0 Å². The van der Waals surface area contributed by atoms with Gasteiger partial charge >= 0.3 is 0 Å². The molecule has 0 rings (SSSR count). The van der Waals surface area contributed by atoms with Crippen molar-refractivity contribution >= 4 is 33.3 Å². The van der Waals surface area contributed by atoms with Crippen LogP contribution in [0.3, 0.4) is 0 Å². The van der Waals surface area contributed by atoms with Crippen LogP contribution in [0.25, 0.3) is 0 Å². The molecule has 158 valence electrons. The Kier molecular flexibility index (Phi) is 10.8. The maximum atomic E-state index is 6.42. The van der Waals surface area contributed by atoms with E-state index in [1.807, 2.05) is 0 Å². The maximum absolute atomic E-state index is 6.42. The van der Waals surface area contributed by atoms with E-state index >= 15 is 0 Å². The van der Waals surface area contributed by atoms with E-state index in [4.69, 9.17) is 17.7 Å². The Labute approximate surface area is 167 Å². The summed E-state index contributed by atoms with van der Waals surface area (Å²) in [6.45, 7) is 28.3. The summed E-state index contributed by atoms with van der Waals surface area (Å²) in [6, 6.07) is 0. The third-order valence-corrected chi connectivity index (χ3v) is 7.40. The molecule has 0 saturated heterocycles. The molecule has 0 aromatic heterocycles. The lowest BCUT2D eigenvalue weighted by Gasteiger charge is -2.32. The molecule has 2 atom stereocenters. The molecule has 0 heterocycles. The molecule has 0 radical (unpaired) electrons. The van der Waals surface area contributed by atoms with E-state index in [1.54, 1.807) is 0 Å². The monoisotopic (exact) mass is 438 g/mol. The Hall–Kier alpha value is 0.708. The van der Waals surface area contributed by atoms with Crippen molar-refractivity contribution in [2.75, 3.05) is 13.2 Å². The summed E-state index contributed by atoms with van der Waals surface area (Å²) in [5.74, 6) is 0. The van der Waals surface area contributed by atoms with Gasteiger partial charge in [0.15, 0.2) is 33.3 Å². The topological polar surface area (TPSA) is 36.9 Å². The summed E-state index contributed by atoms with van der Waals surface area (Å²) < 4.78 is 25.2. The Morgan fingerprint density at radius 1 is 0.462 bits per heavy atom. The average Bonchev–Trinajstić information content (AvgIpc) is 2.33. The molecule has 0 aliphatic rings. The normalized spacial score (nSPS) is 16.6. The van der Waals surface area contributed by atoms with Crippen molar-refractivity contribution in [3.05, 3.63) is 0 Å². The zero-order valence-electron chi connectivity index (χ0n) is 19.6. The van der Waals surface area contributed by atoms with Crippen molar-refractivity contribution in [1.82, 2.24) is 0 Å². The van der Waals surface area contributed by atoms with Crippen molar-refractivity contribution in [2.24, 2.45) is 0 Å². The van der Waals surface area contributed by atoms with Crippen molar-refractivity contribution in [1.29, 1.82) is 0 Å². The number of rotatable bonds is 13. The quantitative estimate of drug-likeness (QED) is 0.335. The van der Waals surface area contributed by atoms with Crippen molar-refractivity contribution in [3.63, 3.8) is 0 Å². The van der Waals surface area contributed by atoms with Crippen LogP contribution >= 0.6 is 0 Å². The molecule has 2 unspecified atom stereocenters. The summed E-state index contributed by atoms with van der Waals surface area (Å²) in [6.07, 6.45) is 2.26. The van der Waals surface area contributed by atoms with E-state index in [0.717, 1.165) is 12.8 Å². The first-order valence-electron chi connectivity index (χ1n) is 10.00. The molecule has 0 aliphatic heterocycles. The Bertz CT molecular complexity index is 354. The molecule has 0 bridgehead atoms. The van der Waals surface area contributed by atoms with Gasteiger partial charge in [-0.15, -0.1) is 0 Å². The molecule has 0 saturated carbocycles. The lowest BCUT2D eigenvalue weighted by atomic mass is 10.1. The Balaban J connectivity index is 4.87. The fourth-order valence-corrected chi connectivity index (χ4v) is 6.15. The van der Waals surface area contributed by atoms with Gasteiger partial charge in [0.25, 0.3) is 0 Å². The lowest BCUT2D eigenvalue weighted by molar-refractivity contribution is 0.0715. The Morgan fingerprint density at radius 2 is 0.731 bits per heavy atom. The average molecular weight is 439 g/mol. The van der Waals surface area contributed by atoms with E-state index in [0.29, 0.717) is 13.2 Å². The largest absolute Gasteiger partial charge is 0.415 e. The van der Waals surface area contributed by atoms with Gasteiger partial charge in [-0.3, -0.25) is 0 Å². The molecule has 4 nitrogen and oxygen atoms in total. The highest BCUT2D eigenvalue weighted by Crippen LogP contribution is 2.19. The standard InChI is InChI=1S/C18H46O4Si4/c1-23(2,3)19-15-17(21-25(7,8)9)13-14-18(22-26(10,11)12)16-20-24(4,5)6/h17-18H,13-16H2,1-12H3. The van der Waals surface area contributed by atoms with Crippen molar-refractivity contribution in [3.8, 4) is 0 Å². The van der Waals surface area contributed by atoms with Crippen LogP contribution in [0.5, 0.6) is 0 Å². The highest BCUT2D eigenvalue weighted by atomic mass is 28.4. The van der Waals surface area contributed by atoms with Gasteiger partial charge in [-0.25, -0.2) is 0 Å². The van der Waals surface area contributed by atoms with E-state index in [1.165, 1.54) is 0 Å². The number of hydrogen-bond donors (Lipinski definition) is 0. The highest BCUT2D eigenvalue weighted by Gasteiger charge is 2.28. The van der Waals surface area contributed by atoms with Gasteiger partial charge in [-0.1, -0.05) is 0 Å². The van der Waals surface area contributed by atoms with Gasteiger partial charge in [0.1, 0.15) is 0 Å². The van der Waals surface area contributed by atoms with Crippen LogP contribution in [0.4, 0.5) is 0 Å². The molecule has 0 fully saturated rings. The minimum absolute atomic E-state index is 0.160. The number of hydrogen-bond acceptors (Lipinski definition) is 4. The van der Waals surface area contributed by atoms with Crippen LogP contribution in [0.1, 0.15) is 12.8 Å². The fourth-order valence-electron chi connectivity index (χ4n) is 2.41. The summed E-state index contributed by atoms with van der Waals surface area (Å²) in [4.78, 5) is 0. The summed E-state index contributed by atoms with van der Waals surface area (Å²) in [5.41, 5.74) is 0. The maximum Gasteiger partial charge on any atom is 0.184 e. The lowest BCUT2D eigenvalue weighted by Crippen LogP contribution is -2.41. The molecular weight excluding hydrogens is 393 g/mol. The van der Waals surface area contributed by atoms with Gasteiger partial charge < -0.3 is 17.7 Å². The van der Waals surface area contributed by atoms with Gasteiger partial charge in [-0.2, -0.15) is 0 Å².